The Labute approximate surface area is 160 Å². The quantitative estimate of drug-likeness (QED) is 0.735. The number of rotatable bonds is 6. The zero-order valence-corrected chi connectivity index (χ0v) is 16.7. The van der Waals surface area contributed by atoms with Crippen molar-refractivity contribution < 1.29 is 21.6 Å². The highest BCUT2D eigenvalue weighted by Crippen LogP contribution is 2.31. The normalized spacial score (nSPS) is 18.4. The zero-order chi connectivity index (χ0) is 19.7. The molecule has 0 spiro atoms. The number of benzene rings is 2. The van der Waals surface area contributed by atoms with Gasteiger partial charge < -0.3 is 4.74 Å². The minimum absolute atomic E-state index is 0.111. The Bertz CT molecular complexity index is 1040. The summed E-state index contributed by atoms with van der Waals surface area (Å²) in [5, 5.41) is 1.07. The van der Waals surface area contributed by atoms with Gasteiger partial charge in [-0.05, 0) is 56.3 Å². The fourth-order valence-corrected chi connectivity index (χ4v) is 5.86. The third-order valence-electron chi connectivity index (χ3n) is 4.19. The summed E-state index contributed by atoms with van der Waals surface area (Å²) in [6.45, 7) is 4.22. The number of hydrogen-bond acceptors (Lipinski definition) is 5. The molecule has 1 unspecified atom stereocenters. The maximum atomic E-state index is 13.3. The molecule has 0 aromatic heterocycles. The van der Waals surface area contributed by atoms with Crippen LogP contribution in [0.2, 0.25) is 0 Å². The summed E-state index contributed by atoms with van der Waals surface area (Å²) in [6.07, 6.45) is 1.41. The Hall–Kier alpha value is -2.32. The number of ether oxygens (including phenoxy) is 1. The highest BCUT2D eigenvalue weighted by atomic mass is 32.2. The van der Waals surface area contributed by atoms with E-state index in [2.05, 4.69) is 0 Å². The molecule has 1 aliphatic rings. The highest BCUT2D eigenvalue weighted by molar-refractivity contribution is 7.95. The van der Waals surface area contributed by atoms with Crippen LogP contribution < -0.4 is 9.04 Å². The standard InChI is InChI=1S/C19H21NO5S2/c1-3-25-18-8-6-16(7-9-18)20(17-12-13-26(21,22)14-17)27(23,24)19-10-4-15(2)5-11-19/h4-13,17H,3,14H2,1-2H3. The summed E-state index contributed by atoms with van der Waals surface area (Å²) in [4.78, 5) is 0.111. The summed E-state index contributed by atoms with van der Waals surface area (Å²) >= 11 is 0. The minimum atomic E-state index is -3.95. The number of sulfonamides is 1. The van der Waals surface area contributed by atoms with Crippen molar-refractivity contribution >= 4 is 25.5 Å². The van der Waals surface area contributed by atoms with E-state index >= 15 is 0 Å². The molecule has 8 heteroatoms. The maximum absolute atomic E-state index is 13.3. The predicted molar refractivity (Wildman–Crippen MR) is 105 cm³/mol. The molecule has 27 heavy (non-hydrogen) atoms. The third-order valence-corrected chi connectivity index (χ3v) is 7.44. The van der Waals surface area contributed by atoms with Gasteiger partial charge in [-0.1, -0.05) is 17.7 Å². The average Bonchev–Trinajstić information content (AvgIpc) is 2.96. The zero-order valence-electron chi connectivity index (χ0n) is 15.1. The largest absolute Gasteiger partial charge is 0.494 e. The lowest BCUT2D eigenvalue weighted by atomic mass is 10.2. The van der Waals surface area contributed by atoms with Crippen LogP contribution in [0.15, 0.2) is 64.9 Å². The topological polar surface area (TPSA) is 80.8 Å². The van der Waals surface area contributed by atoms with Gasteiger partial charge in [0.15, 0.2) is 9.84 Å². The predicted octanol–water partition coefficient (Wildman–Crippen LogP) is 2.90. The third kappa shape index (κ3) is 4.17. The highest BCUT2D eigenvalue weighted by Gasteiger charge is 2.35. The molecule has 0 radical (unpaired) electrons. The molecule has 3 rings (SSSR count). The van der Waals surface area contributed by atoms with Crippen molar-refractivity contribution in [1.82, 2.24) is 0 Å². The summed E-state index contributed by atoms with van der Waals surface area (Å²) in [5.41, 5.74) is 1.32. The van der Waals surface area contributed by atoms with Crippen LogP contribution in [0, 0.1) is 6.92 Å². The molecule has 2 aromatic rings. The van der Waals surface area contributed by atoms with E-state index in [1.807, 2.05) is 13.8 Å². The Morgan fingerprint density at radius 3 is 2.22 bits per heavy atom. The molecular weight excluding hydrogens is 386 g/mol. The van der Waals surface area contributed by atoms with Gasteiger partial charge in [-0.25, -0.2) is 16.8 Å². The Morgan fingerprint density at radius 1 is 1.07 bits per heavy atom. The van der Waals surface area contributed by atoms with Gasteiger partial charge in [0.1, 0.15) is 5.75 Å². The molecule has 0 aliphatic carbocycles. The number of aryl methyl sites for hydroxylation is 1. The Balaban J connectivity index is 2.07. The lowest BCUT2D eigenvalue weighted by Gasteiger charge is -2.29. The average molecular weight is 408 g/mol. The first-order chi connectivity index (χ1) is 12.7. The van der Waals surface area contributed by atoms with Crippen molar-refractivity contribution in [3.8, 4) is 5.75 Å². The molecule has 0 saturated carbocycles. The van der Waals surface area contributed by atoms with Crippen molar-refractivity contribution in [3.05, 3.63) is 65.6 Å². The van der Waals surface area contributed by atoms with Crippen molar-refractivity contribution in [3.63, 3.8) is 0 Å². The van der Waals surface area contributed by atoms with Gasteiger partial charge in [0.2, 0.25) is 0 Å². The van der Waals surface area contributed by atoms with Crippen LogP contribution in [0.5, 0.6) is 5.75 Å². The summed E-state index contributed by atoms with van der Waals surface area (Å²) in [6, 6.07) is 12.3. The summed E-state index contributed by atoms with van der Waals surface area (Å²) in [5.74, 6) is 0.328. The number of nitrogens with zero attached hydrogens (tertiary/aromatic N) is 1. The van der Waals surface area contributed by atoms with Gasteiger partial charge in [0, 0.05) is 5.41 Å². The lowest BCUT2D eigenvalue weighted by Crippen LogP contribution is -2.41. The van der Waals surface area contributed by atoms with E-state index in [-0.39, 0.29) is 10.6 Å². The van der Waals surface area contributed by atoms with Crippen LogP contribution in [0.3, 0.4) is 0 Å². The van der Waals surface area contributed by atoms with Crippen molar-refractivity contribution in [1.29, 1.82) is 0 Å². The SMILES string of the molecule is CCOc1ccc(N(C2C=CS(=O)(=O)C2)S(=O)(=O)c2ccc(C)cc2)cc1. The first-order valence-corrected chi connectivity index (χ1v) is 11.6. The van der Waals surface area contributed by atoms with Gasteiger partial charge in [-0.3, -0.25) is 4.31 Å². The molecule has 1 heterocycles. The van der Waals surface area contributed by atoms with Gasteiger partial charge in [0.05, 0.1) is 29.0 Å². The molecule has 0 fully saturated rings. The van der Waals surface area contributed by atoms with Crippen LogP contribution in [0.25, 0.3) is 0 Å². The first kappa shape index (κ1) is 19.4. The van der Waals surface area contributed by atoms with E-state index in [4.69, 9.17) is 4.74 Å². The second-order valence-corrected chi connectivity index (χ2v) is 10.0. The minimum Gasteiger partial charge on any atom is -0.494 e. The molecule has 6 nitrogen and oxygen atoms in total. The molecule has 0 amide bonds. The smallest absolute Gasteiger partial charge is 0.264 e. The molecule has 2 aromatic carbocycles. The van der Waals surface area contributed by atoms with Crippen LogP contribution >= 0.6 is 0 Å². The molecule has 1 aliphatic heterocycles. The van der Waals surface area contributed by atoms with E-state index < -0.39 is 25.9 Å². The van der Waals surface area contributed by atoms with Crippen LogP contribution in [-0.2, 0) is 19.9 Å². The number of sulfone groups is 1. The monoisotopic (exact) mass is 407 g/mol. The van der Waals surface area contributed by atoms with E-state index in [9.17, 15) is 16.8 Å². The van der Waals surface area contributed by atoms with Crippen LogP contribution in [0.4, 0.5) is 5.69 Å². The molecule has 144 valence electrons. The van der Waals surface area contributed by atoms with Gasteiger partial charge in [-0.2, -0.15) is 0 Å². The molecular formula is C19H21NO5S2. The van der Waals surface area contributed by atoms with E-state index in [1.54, 1.807) is 36.4 Å². The molecule has 0 bridgehead atoms. The van der Waals surface area contributed by atoms with E-state index in [0.29, 0.717) is 18.0 Å². The van der Waals surface area contributed by atoms with E-state index in [1.165, 1.54) is 18.2 Å². The second kappa shape index (κ2) is 7.36. The number of hydrogen-bond donors (Lipinski definition) is 0. The van der Waals surface area contributed by atoms with Gasteiger partial charge in [0.25, 0.3) is 10.0 Å². The summed E-state index contributed by atoms with van der Waals surface area (Å²) < 4.78 is 57.0. The van der Waals surface area contributed by atoms with Gasteiger partial charge >= 0.3 is 0 Å². The lowest BCUT2D eigenvalue weighted by molar-refractivity contribution is 0.340. The first-order valence-electron chi connectivity index (χ1n) is 8.48. The molecule has 0 saturated heterocycles. The number of anilines is 1. The summed E-state index contributed by atoms with van der Waals surface area (Å²) in [7, 11) is -7.38. The van der Waals surface area contributed by atoms with E-state index in [0.717, 1.165) is 15.3 Å². The fraction of sp³-hybridized carbons (Fsp3) is 0.263. The Morgan fingerprint density at radius 2 is 1.70 bits per heavy atom. The van der Waals surface area contributed by atoms with Crippen LogP contribution in [-0.4, -0.2) is 35.2 Å². The van der Waals surface area contributed by atoms with Crippen molar-refractivity contribution in [2.75, 3.05) is 16.7 Å². The Kier molecular flexibility index (Phi) is 5.30. The van der Waals surface area contributed by atoms with Crippen molar-refractivity contribution in [2.45, 2.75) is 24.8 Å². The molecule has 1 atom stereocenters. The fourth-order valence-electron chi connectivity index (χ4n) is 2.89. The van der Waals surface area contributed by atoms with Gasteiger partial charge in [-0.15, -0.1) is 0 Å². The van der Waals surface area contributed by atoms with Crippen molar-refractivity contribution in [2.24, 2.45) is 0 Å². The van der Waals surface area contributed by atoms with Crippen LogP contribution in [0.1, 0.15) is 12.5 Å². The second-order valence-electron chi connectivity index (χ2n) is 6.27. The molecule has 0 N–H and O–H groups in total. The maximum Gasteiger partial charge on any atom is 0.264 e.